The topological polar surface area (TPSA) is 84.7 Å². The van der Waals surface area contributed by atoms with E-state index >= 15 is 0 Å². The number of hydrogen-bond donors (Lipinski definition) is 1. The Labute approximate surface area is 202 Å². The monoisotopic (exact) mass is 472 g/mol. The predicted octanol–water partition coefficient (Wildman–Crippen LogP) is 4.66. The number of carbonyl (C=O) groups excluding carboxylic acids is 1. The zero-order valence-corrected chi connectivity index (χ0v) is 19.5. The summed E-state index contributed by atoms with van der Waals surface area (Å²) in [6.45, 7) is 3.16. The number of carbonyl (C=O) groups is 1. The Kier molecular flexibility index (Phi) is 6.13. The molecule has 1 aliphatic heterocycles. The highest BCUT2D eigenvalue weighted by Crippen LogP contribution is 2.35. The van der Waals surface area contributed by atoms with Gasteiger partial charge in [0.05, 0.1) is 11.2 Å². The van der Waals surface area contributed by atoms with Gasteiger partial charge in [0, 0.05) is 44.0 Å². The lowest BCUT2D eigenvalue weighted by molar-refractivity contribution is -0.125. The molecule has 0 spiro atoms. The number of halogens is 1. The largest absolute Gasteiger partial charge is 0.436 e. The number of imidazole rings is 1. The van der Waals surface area contributed by atoms with Crippen molar-refractivity contribution in [1.82, 2.24) is 24.3 Å². The fourth-order valence-corrected chi connectivity index (χ4v) is 4.39. The van der Waals surface area contributed by atoms with Gasteiger partial charge in [0.15, 0.2) is 5.82 Å². The Morgan fingerprint density at radius 3 is 2.74 bits per heavy atom. The molecule has 0 radical (unpaired) electrons. The maximum Gasteiger partial charge on any atom is 0.255 e. The first-order valence-electron chi connectivity index (χ1n) is 11.4. The van der Waals surface area contributed by atoms with E-state index in [-0.39, 0.29) is 17.7 Å². The van der Waals surface area contributed by atoms with Crippen LogP contribution in [-0.4, -0.2) is 50.3 Å². The van der Waals surface area contributed by atoms with Crippen molar-refractivity contribution in [2.75, 3.05) is 25.5 Å². The minimum atomic E-state index is -0.524. The summed E-state index contributed by atoms with van der Waals surface area (Å²) in [7, 11) is 1.82. The summed E-state index contributed by atoms with van der Waals surface area (Å²) in [5.74, 6) is 1.39. The molecule has 1 saturated heterocycles. The van der Waals surface area contributed by atoms with Crippen molar-refractivity contribution in [2.45, 2.75) is 19.3 Å². The smallest absolute Gasteiger partial charge is 0.255 e. The number of allylic oxidation sites excluding steroid dienone is 1. The number of rotatable bonds is 6. The Morgan fingerprint density at radius 2 is 2.00 bits per heavy atom. The molecule has 0 aliphatic carbocycles. The summed E-state index contributed by atoms with van der Waals surface area (Å²) >= 11 is 0. The number of nitrogens with one attached hydrogen (secondary N) is 1. The number of amides is 1. The van der Waals surface area contributed by atoms with Crippen LogP contribution < -0.4 is 10.1 Å². The van der Waals surface area contributed by atoms with Gasteiger partial charge in [-0.05, 0) is 61.9 Å². The Hall–Kier alpha value is -4.27. The highest BCUT2D eigenvalue weighted by Gasteiger charge is 2.30. The van der Waals surface area contributed by atoms with Crippen LogP contribution >= 0.6 is 0 Å². The van der Waals surface area contributed by atoms with Gasteiger partial charge < -0.3 is 15.0 Å². The van der Waals surface area contributed by atoms with Gasteiger partial charge in [-0.3, -0.25) is 9.20 Å². The van der Waals surface area contributed by atoms with Crippen molar-refractivity contribution in [3.63, 3.8) is 0 Å². The van der Waals surface area contributed by atoms with Crippen molar-refractivity contribution >= 4 is 17.4 Å². The van der Waals surface area contributed by atoms with Crippen LogP contribution in [0.15, 0.2) is 67.0 Å². The fourth-order valence-electron chi connectivity index (χ4n) is 4.39. The van der Waals surface area contributed by atoms with E-state index in [9.17, 15) is 9.18 Å². The zero-order chi connectivity index (χ0) is 24.4. The lowest BCUT2D eigenvalue weighted by Gasteiger charge is -2.13. The molecule has 1 atom stereocenters. The number of benzene rings is 1. The summed E-state index contributed by atoms with van der Waals surface area (Å²) in [5.41, 5.74) is 2.73. The van der Waals surface area contributed by atoms with Crippen molar-refractivity contribution < 1.29 is 13.9 Å². The van der Waals surface area contributed by atoms with Crippen LogP contribution in [0.1, 0.15) is 25.0 Å². The van der Waals surface area contributed by atoms with Crippen LogP contribution in [0, 0.1) is 5.82 Å². The summed E-state index contributed by atoms with van der Waals surface area (Å²) < 4.78 is 21.5. The van der Waals surface area contributed by atoms with Crippen LogP contribution in [-0.2, 0) is 4.79 Å². The van der Waals surface area contributed by atoms with Gasteiger partial charge in [0.25, 0.3) is 5.88 Å². The lowest BCUT2D eigenvalue weighted by atomic mass is 10.0. The summed E-state index contributed by atoms with van der Waals surface area (Å²) in [6, 6.07) is 12.0. The third-order valence-electron chi connectivity index (χ3n) is 6.05. The second kappa shape index (κ2) is 9.54. The molecule has 9 heteroatoms. The van der Waals surface area contributed by atoms with Gasteiger partial charge in [-0.2, -0.15) is 0 Å². The van der Waals surface area contributed by atoms with E-state index in [1.807, 2.05) is 41.5 Å². The number of ether oxygens (including phenoxy) is 1. The molecule has 1 unspecified atom stereocenters. The lowest BCUT2D eigenvalue weighted by Crippen LogP contribution is -2.26. The first-order chi connectivity index (χ1) is 17.1. The second-order valence-corrected chi connectivity index (χ2v) is 8.25. The average Bonchev–Trinajstić information content (AvgIpc) is 3.51. The van der Waals surface area contributed by atoms with Gasteiger partial charge in [-0.25, -0.2) is 19.3 Å². The van der Waals surface area contributed by atoms with E-state index in [4.69, 9.17) is 9.72 Å². The molecule has 35 heavy (non-hydrogen) atoms. The third kappa shape index (κ3) is 4.32. The minimum Gasteiger partial charge on any atom is -0.436 e. The van der Waals surface area contributed by atoms with E-state index in [0.29, 0.717) is 24.8 Å². The quantitative estimate of drug-likeness (QED) is 0.411. The van der Waals surface area contributed by atoms with Gasteiger partial charge in [-0.15, -0.1) is 0 Å². The van der Waals surface area contributed by atoms with E-state index in [1.165, 1.54) is 18.3 Å². The molecule has 0 bridgehead atoms. The molecular formula is C26H25FN6O2. The summed E-state index contributed by atoms with van der Waals surface area (Å²) in [5, 5.41) is 3.14. The van der Waals surface area contributed by atoms with Crippen LogP contribution in [0.5, 0.6) is 11.6 Å². The normalized spacial score (nSPS) is 15.7. The van der Waals surface area contributed by atoms with E-state index in [2.05, 4.69) is 15.3 Å². The number of aromatic nitrogens is 4. The van der Waals surface area contributed by atoms with Crippen molar-refractivity contribution in [3.05, 3.63) is 78.5 Å². The highest BCUT2D eigenvalue weighted by molar-refractivity contribution is 5.87. The number of likely N-dealkylation sites (tertiary alicyclic amines) is 1. The molecule has 1 N–H and O–H groups in total. The maximum atomic E-state index is 13.9. The van der Waals surface area contributed by atoms with Crippen molar-refractivity contribution in [3.8, 4) is 23.0 Å². The zero-order valence-electron chi connectivity index (χ0n) is 19.5. The van der Waals surface area contributed by atoms with Crippen molar-refractivity contribution in [1.29, 1.82) is 0 Å². The van der Waals surface area contributed by atoms with Gasteiger partial charge in [0.2, 0.25) is 11.9 Å². The molecular weight excluding hydrogens is 447 g/mol. The number of anilines is 1. The van der Waals surface area contributed by atoms with E-state index < -0.39 is 5.82 Å². The maximum absolute atomic E-state index is 13.9. The van der Waals surface area contributed by atoms with Crippen LogP contribution in [0.4, 0.5) is 10.3 Å². The van der Waals surface area contributed by atoms with Crippen LogP contribution in [0.2, 0.25) is 0 Å². The second-order valence-electron chi connectivity index (χ2n) is 8.25. The molecule has 1 aliphatic rings. The third-order valence-corrected chi connectivity index (χ3v) is 6.05. The Bertz CT molecular complexity index is 1400. The van der Waals surface area contributed by atoms with Gasteiger partial charge in [0.1, 0.15) is 11.6 Å². The highest BCUT2D eigenvalue weighted by atomic mass is 19.1. The number of hydrogen-bond acceptors (Lipinski definition) is 6. The molecule has 1 fully saturated rings. The predicted molar refractivity (Wildman–Crippen MR) is 131 cm³/mol. The Balaban J connectivity index is 1.50. The van der Waals surface area contributed by atoms with Gasteiger partial charge >= 0.3 is 0 Å². The van der Waals surface area contributed by atoms with Crippen LogP contribution in [0.25, 0.3) is 16.9 Å². The molecule has 178 valence electrons. The minimum absolute atomic E-state index is 0.0243. The number of nitrogens with zero attached hydrogens (tertiary/aromatic N) is 5. The number of pyridine rings is 1. The molecule has 1 aromatic carbocycles. The standard InChI is InChI=1S/C26H25FN6O2/c1-3-5-22(34)32-15-12-18(16-32)23-21-11-14-30-26(28-2)33(21)24(31-23)17-7-9-19(10-8-17)35-25-20(27)6-4-13-29-25/h3-11,13-14,18H,12,15-16H2,1-2H3,(H,28,30). The Morgan fingerprint density at radius 1 is 1.17 bits per heavy atom. The van der Waals surface area contributed by atoms with E-state index in [1.54, 1.807) is 30.5 Å². The molecule has 0 saturated carbocycles. The summed E-state index contributed by atoms with van der Waals surface area (Å²) in [4.78, 5) is 27.6. The SMILES string of the molecule is CC=CC(=O)N1CCC(c2nc(-c3ccc(Oc4ncccc4F)cc3)n3c(NC)nccc23)C1. The molecule has 5 rings (SSSR count). The van der Waals surface area contributed by atoms with Gasteiger partial charge in [-0.1, -0.05) is 6.08 Å². The molecule has 8 nitrogen and oxygen atoms in total. The number of fused-ring (bicyclic) bond motifs is 1. The molecule has 1 amide bonds. The molecule has 4 heterocycles. The van der Waals surface area contributed by atoms with E-state index in [0.717, 1.165) is 29.0 Å². The molecule has 4 aromatic rings. The van der Waals surface area contributed by atoms with Crippen molar-refractivity contribution in [2.24, 2.45) is 0 Å². The average molecular weight is 473 g/mol. The first kappa shape index (κ1) is 22.5. The van der Waals surface area contributed by atoms with Crippen LogP contribution in [0.3, 0.4) is 0 Å². The first-order valence-corrected chi connectivity index (χ1v) is 11.4. The molecule has 3 aromatic heterocycles. The summed E-state index contributed by atoms with van der Waals surface area (Å²) in [6.07, 6.45) is 7.44. The fraction of sp³-hybridized carbons (Fsp3) is 0.231.